The zero-order chi connectivity index (χ0) is 23.5. The van der Waals surface area contributed by atoms with E-state index in [1.54, 1.807) is 0 Å². The Kier molecular flexibility index (Phi) is 10.4. The largest absolute Gasteiger partial charge is 0.545 e. The number of hydrogen-bond donors (Lipinski definition) is 0. The molecule has 1 unspecified atom stereocenters. The third-order valence-electron chi connectivity index (χ3n) is 6.04. The molecule has 1 aromatic carbocycles. The van der Waals surface area contributed by atoms with Crippen molar-refractivity contribution in [2.75, 3.05) is 39.9 Å². The molecule has 3 rings (SSSR count). The van der Waals surface area contributed by atoms with Crippen LogP contribution in [0.4, 0.5) is 0 Å². The van der Waals surface area contributed by atoms with Gasteiger partial charge >= 0.3 is 0 Å². The number of morpholine rings is 1. The molecule has 2 fully saturated rings. The molecule has 0 bridgehead atoms. The Morgan fingerprint density at radius 1 is 1.06 bits per heavy atom. The van der Waals surface area contributed by atoms with Gasteiger partial charge in [-0.05, 0) is 49.0 Å². The van der Waals surface area contributed by atoms with Crippen molar-refractivity contribution < 1.29 is 29.3 Å². The van der Waals surface area contributed by atoms with E-state index in [1.165, 1.54) is 36.8 Å². The van der Waals surface area contributed by atoms with Crippen LogP contribution in [0.1, 0.15) is 55.7 Å². The minimum absolute atomic E-state index is 0.108. The quantitative estimate of drug-likeness (QED) is 0.554. The van der Waals surface area contributed by atoms with Gasteiger partial charge < -0.3 is 29.4 Å². The smallest absolute Gasteiger partial charge is 0.236 e. The second kappa shape index (κ2) is 13.0. The van der Waals surface area contributed by atoms with Crippen LogP contribution in [0.3, 0.4) is 0 Å². The molecule has 1 aromatic rings. The second-order valence-electron chi connectivity index (χ2n) is 8.19. The number of carbonyl (C=O) groups excluding carboxylic acids is 3. The molecule has 0 radical (unpaired) electrons. The highest BCUT2D eigenvalue weighted by molar-refractivity contribution is 5.87. The predicted octanol–water partition coefficient (Wildman–Crippen LogP) is 0.238. The van der Waals surface area contributed by atoms with Gasteiger partial charge in [-0.3, -0.25) is 9.69 Å². The van der Waals surface area contributed by atoms with Crippen LogP contribution < -0.4 is 10.2 Å². The molecule has 2 aliphatic rings. The van der Waals surface area contributed by atoms with Gasteiger partial charge in [-0.25, -0.2) is 0 Å². The second-order valence-corrected chi connectivity index (χ2v) is 8.19. The first-order valence-corrected chi connectivity index (χ1v) is 11.0. The van der Waals surface area contributed by atoms with E-state index in [1.807, 2.05) is 11.9 Å². The maximum atomic E-state index is 12.5. The van der Waals surface area contributed by atoms with Gasteiger partial charge in [0.15, 0.2) is 0 Å². The fraction of sp³-hybridized carbons (Fsp3) is 0.542. The Labute approximate surface area is 189 Å². The van der Waals surface area contributed by atoms with Gasteiger partial charge in [0, 0.05) is 20.1 Å². The Hall–Kier alpha value is -2.71. The van der Waals surface area contributed by atoms with Gasteiger partial charge in [0.25, 0.3) is 0 Å². The molecule has 1 saturated heterocycles. The highest BCUT2D eigenvalue weighted by atomic mass is 16.5. The summed E-state index contributed by atoms with van der Waals surface area (Å²) >= 11 is 0. The van der Waals surface area contributed by atoms with E-state index in [4.69, 9.17) is 4.74 Å². The molecular weight excluding hydrogens is 412 g/mol. The normalized spacial score (nSPS) is 18.1. The molecule has 1 aliphatic heterocycles. The minimum atomic E-state index is -1.55. The molecule has 176 valence electrons. The molecule has 1 atom stereocenters. The van der Waals surface area contributed by atoms with Crippen LogP contribution in [-0.2, 0) is 19.1 Å². The van der Waals surface area contributed by atoms with E-state index in [2.05, 4.69) is 36.1 Å². The number of carboxylic acid groups (broad SMARTS) is 2. The third kappa shape index (κ3) is 8.43. The number of nitrogens with zero attached hydrogens (tertiary/aromatic N) is 2. The molecule has 8 nitrogen and oxygen atoms in total. The molecule has 1 saturated carbocycles. The van der Waals surface area contributed by atoms with E-state index in [9.17, 15) is 24.6 Å². The summed E-state index contributed by atoms with van der Waals surface area (Å²) in [6.07, 6.45) is 6.15. The summed E-state index contributed by atoms with van der Waals surface area (Å²) in [7, 11) is 1.92. The van der Waals surface area contributed by atoms with Crippen molar-refractivity contribution in [3.8, 4) is 0 Å². The molecule has 1 heterocycles. The summed E-state index contributed by atoms with van der Waals surface area (Å²) in [5.74, 6) is -2.16. The molecule has 0 aromatic heterocycles. The number of carbonyl (C=O) groups is 3. The number of ether oxygens (including phenoxy) is 1. The van der Waals surface area contributed by atoms with E-state index in [0.717, 1.165) is 32.2 Å². The molecular formula is C24H32N2O6-2. The van der Waals surface area contributed by atoms with Crippen molar-refractivity contribution in [3.05, 3.63) is 47.5 Å². The topological polar surface area (TPSA) is 113 Å². The van der Waals surface area contributed by atoms with Crippen molar-refractivity contribution in [1.82, 2.24) is 9.80 Å². The van der Waals surface area contributed by atoms with E-state index < -0.39 is 11.9 Å². The Morgan fingerprint density at radius 2 is 1.59 bits per heavy atom. The van der Waals surface area contributed by atoms with Crippen LogP contribution in [-0.4, -0.2) is 67.5 Å². The van der Waals surface area contributed by atoms with Gasteiger partial charge in [-0.1, -0.05) is 37.1 Å². The molecule has 0 spiro atoms. The van der Waals surface area contributed by atoms with Crippen LogP contribution in [0.5, 0.6) is 0 Å². The summed E-state index contributed by atoms with van der Waals surface area (Å²) in [5.41, 5.74) is 2.68. The first-order chi connectivity index (χ1) is 15.3. The van der Waals surface area contributed by atoms with Gasteiger partial charge in [0.2, 0.25) is 5.91 Å². The van der Waals surface area contributed by atoms with Gasteiger partial charge in [0.05, 0.1) is 37.7 Å². The molecule has 8 heteroatoms. The minimum Gasteiger partial charge on any atom is -0.545 e. The zero-order valence-electron chi connectivity index (χ0n) is 18.8. The lowest BCUT2D eigenvalue weighted by atomic mass is 9.95. The third-order valence-corrected chi connectivity index (χ3v) is 6.04. The number of rotatable bonds is 7. The maximum Gasteiger partial charge on any atom is 0.236 e. The van der Waals surface area contributed by atoms with Crippen molar-refractivity contribution >= 4 is 17.8 Å². The lowest BCUT2D eigenvalue weighted by Crippen LogP contribution is -2.44. The number of aliphatic carboxylic acids is 2. The standard InChI is InChI=1S/C20H30N2O2.C4H4O4/c1-16(21(2)20(23)15-22-11-13-24-14-12-22)17-7-9-19(10-8-17)18-5-3-4-6-18;5-3(6)1-2-4(7)8/h7-10,16,18H,3-6,11-15H2,1-2H3;1-2H,(H,5,6)(H,7,8)/p-2. The van der Waals surface area contributed by atoms with Crippen molar-refractivity contribution in [3.63, 3.8) is 0 Å². The summed E-state index contributed by atoms with van der Waals surface area (Å²) in [4.78, 5) is 35.4. The summed E-state index contributed by atoms with van der Waals surface area (Å²) in [6.45, 7) is 5.77. The van der Waals surface area contributed by atoms with Gasteiger partial charge in [0.1, 0.15) is 0 Å². The van der Waals surface area contributed by atoms with Crippen LogP contribution in [0.2, 0.25) is 0 Å². The fourth-order valence-electron chi connectivity index (χ4n) is 3.94. The number of amides is 1. The van der Waals surface area contributed by atoms with Crippen molar-refractivity contribution in [2.45, 2.75) is 44.6 Å². The van der Waals surface area contributed by atoms with Gasteiger partial charge in [-0.2, -0.15) is 0 Å². The van der Waals surface area contributed by atoms with Crippen LogP contribution in [0, 0.1) is 0 Å². The Morgan fingerprint density at radius 3 is 2.09 bits per heavy atom. The fourth-order valence-corrected chi connectivity index (χ4v) is 3.94. The molecule has 1 aliphatic carbocycles. The number of benzene rings is 1. The summed E-state index contributed by atoms with van der Waals surface area (Å²) in [6, 6.07) is 9.05. The lowest BCUT2D eigenvalue weighted by molar-refractivity contribution is -0.301. The summed E-state index contributed by atoms with van der Waals surface area (Å²) < 4.78 is 5.35. The molecule has 32 heavy (non-hydrogen) atoms. The first-order valence-electron chi connectivity index (χ1n) is 11.0. The number of likely N-dealkylation sites (N-methyl/N-ethyl adjacent to an activating group) is 1. The van der Waals surface area contributed by atoms with Crippen LogP contribution in [0.25, 0.3) is 0 Å². The average molecular weight is 445 g/mol. The van der Waals surface area contributed by atoms with Crippen molar-refractivity contribution in [2.24, 2.45) is 0 Å². The highest BCUT2D eigenvalue weighted by Gasteiger charge is 2.22. The average Bonchev–Trinajstić information content (AvgIpc) is 3.33. The van der Waals surface area contributed by atoms with Gasteiger partial charge in [-0.15, -0.1) is 0 Å². The highest BCUT2D eigenvalue weighted by Crippen LogP contribution is 2.34. The predicted molar refractivity (Wildman–Crippen MR) is 115 cm³/mol. The lowest BCUT2D eigenvalue weighted by Gasteiger charge is -2.31. The first kappa shape index (κ1) is 25.5. The van der Waals surface area contributed by atoms with E-state index in [0.29, 0.717) is 18.7 Å². The monoisotopic (exact) mass is 444 g/mol. The SMILES string of the molecule is CC(c1ccc(C2CCCC2)cc1)N(C)C(=O)CN1CCOCC1.O=C([O-])C=CC(=O)[O-]. The number of carboxylic acids is 2. The van der Waals surface area contributed by atoms with E-state index >= 15 is 0 Å². The zero-order valence-corrected chi connectivity index (χ0v) is 18.8. The number of hydrogen-bond acceptors (Lipinski definition) is 7. The van der Waals surface area contributed by atoms with Crippen LogP contribution in [0.15, 0.2) is 36.4 Å². The summed E-state index contributed by atoms with van der Waals surface area (Å²) in [5, 5.41) is 18.8. The molecule has 1 amide bonds. The Bertz CT molecular complexity index is 764. The van der Waals surface area contributed by atoms with E-state index in [-0.39, 0.29) is 11.9 Å². The van der Waals surface area contributed by atoms with Crippen LogP contribution >= 0.6 is 0 Å². The Balaban J connectivity index is 0.000000390. The van der Waals surface area contributed by atoms with Crippen molar-refractivity contribution in [1.29, 1.82) is 0 Å². The molecule has 0 N–H and O–H groups in total. The maximum absolute atomic E-state index is 12.5.